The summed E-state index contributed by atoms with van der Waals surface area (Å²) in [5.41, 5.74) is 1.18. The minimum Gasteiger partial charge on any atom is -0.347 e. The number of hydrogen-bond donors (Lipinski definition) is 2. The normalized spacial score (nSPS) is 17.7. The molecule has 1 aromatic heterocycles. The summed E-state index contributed by atoms with van der Waals surface area (Å²) >= 11 is 1.35. The molecule has 0 radical (unpaired) electrons. The predicted molar refractivity (Wildman–Crippen MR) is 87.6 cm³/mol. The molecule has 2 heterocycles. The number of aromatic nitrogens is 1. The van der Waals surface area contributed by atoms with E-state index in [1.165, 1.54) is 23.5 Å². The van der Waals surface area contributed by atoms with Gasteiger partial charge in [0, 0.05) is 35.7 Å². The molecule has 0 bridgehead atoms. The smallest absolute Gasteiger partial charge is 0.271 e. The average Bonchev–Trinajstić information content (AvgIpc) is 3.06. The SMILES string of the molecule is O=C(N[C@H]1CCCNC1)c1csc(-c2ccc([N+](=O)[O-])cc2)n1. The van der Waals surface area contributed by atoms with Crippen LogP contribution in [0.3, 0.4) is 0 Å². The van der Waals surface area contributed by atoms with Crippen LogP contribution in [-0.4, -0.2) is 34.9 Å². The second kappa shape index (κ2) is 6.84. The number of benzene rings is 1. The summed E-state index contributed by atoms with van der Waals surface area (Å²) in [6.07, 6.45) is 2.02. The Labute approximate surface area is 136 Å². The van der Waals surface area contributed by atoms with Gasteiger partial charge in [-0.1, -0.05) is 0 Å². The van der Waals surface area contributed by atoms with Gasteiger partial charge in [0.15, 0.2) is 0 Å². The lowest BCUT2D eigenvalue weighted by Gasteiger charge is -2.23. The van der Waals surface area contributed by atoms with E-state index in [-0.39, 0.29) is 17.6 Å². The van der Waals surface area contributed by atoms with E-state index >= 15 is 0 Å². The first-order valence-electron chi connectivity index (χ1n) is 7.35. The van der Waals surface area contributed by atoms with Gasteiger partial charge in [-0.2, -0.15) is 0 Å². The summed E-state index contributed by atoms with van der Waals surface area (Å²) in [6.45, 7) is 1.78. The number of hydrogen-bond acceptors (Lipinski definition) is 6. The number of rotatable bonds is 4. The van der Waals surface area contributed by atoms with Crippen LogP contribution in [0.15, 0.2) is 29.6 Å². The first-order chi connectivity index (χ1) is 11.1. The van der Waals surface area contributed by atoms with Crippen LogP contribution in [0.25, 0.3) is 10.6 Å². The highest BCUT2D eigenvalue weighted by molar-refractivity contribution is 7.13. The van der Waals surface area contributed by atoms with E-state index in [0.29, 0.717) is 10.7 Å². The zero-order valence-electron chi connectivity index (χ0n) is 12.3. The van der Waals surface area contributed by atoms with Crippen LogP contribution in [0.1, 0.15) is 23.3 Å². The number of nitro groups is 1. The van der Waals surface area contributed by atoms with Gasteiger partial charge < -0.3 is 10.6 Å². The number of carbonyl (C=O) groups excluding carboxylic acids is 1. The number of nitro benzene ring substituents is 1. The maximum atomic E-state index is 12.2. The van der Waals surface area contributed by atoms with Gasteiger partial charge in [-0.05, 0) is 31.5 Å². The first-order valence-corrected chi connectivity index (χ1v) is 8.23. The molecule has 0 unspecified atom stereocenters. The monoisotopic (exact) mass is 332 g/mol. The topological polar surface area (TPSA) is 97.2 Å². The summed E-state index contributed by atoms with van der Waals surface area (Å²) in [5, 5.41) is 19.3. The van der Waals surface area contributed by atoms with Crippen LogP contribution in [0.2, 0.25) is 0 Å². The molecule has 23 heavy (non-hydrogen) atoms. The minimum absolute atomic E-state index is 0.0353. The van der Waals surface area contributed by atoms with Crippen LogP contribution in [0, 0.1) is 10.1 Å². The number of non-ortho nitro benzene ring substituents is 1. The third kappa shape index (κ3) is 3.72. The summed E-state index contributed by atoms with van der Waals surface area (Å²) in [5.74, 6) is -0.178. The molecule has 8 heteroatoms. The number of thiazole rings is 1. The van der Waals surface area contributed by atoms with Gasteiger partial charge in [0.25, 0.3) is 11.6 Å². The van der Waals surface area contributed by atoms with Crippen molar-refractivity contribution < 1.29 is 9.72 Å². The number of piperidine rings is 1. The lowest BCUT2D eigenvalue weighted by atomic mass is 10.1. The molecule has 1 saturated heterocycles. The van der Waals surface area contributed by atoms with Crippen molar-refractivity contribution in [3.05, 3.63) is 45.5 Å². The van der Waals surface area contributed by atoms with Crippen LogP contribution < -0.4 is 10.6 Å². The van der Waals surface area contributed by atoms with Crippen LogP contribution in [-0.2, 0) is 0 Å². The zero-order chi connectivity index (χ0) is 16.2. The Kier molecular flexibility index (Phi) is 4.63. The number of amides is 1. The molecule has 2 aromatic rings. The Bertz CT molecular complexity index is 708. The molecule has 1 aliphatic heterocycles. The van der Waals surface area contributed by atoms with E-state index in [0.717, 1.165) is 31.5 Å². The quantitative estimate of drug-likeness (QED) is 0.661. The number of carbonyl (C=O) groups is 1. The third-order valence-corrected chi connectivity index (χ3v) is 4.59. The van der Waals surface area contributed by atoms with Crippen molar-refractivity contribution in [3.63, 3.8) is 0 Å². The minimum atomic E-state index is -0.442. The second-order valence-electron chi connectivity index (χ2n) is 5.36. The molecule has 7 nitrogen and oxygen atoms in total. The molecule has 1 aliphatic rings. The van der Waals surface area contributed by atoms with Gasteiger partial charge >= 0.3 is 0 Å². The van der Waals surface area contributed by atoms with Gasteiger partial charge in [-0.3, -0.25) is 14.9 Å². The maximum absolute atomic E-state index is 12.2. The second-order valence-corrected chi connectivity index (χ2v) is 6.22. The molecular formula is C15H16N4O3S. The Morgan fingerprint density at radius 2 is 2.17 bits per heavy atom. The molecular weight excluding hydrogens is 316 g/mol. The highest BCUT2D eigenvalue weighted by Gasteiger charge is 2.18. The standard InChI is InChI=1S/C15H16N4O3S/c20-14(17-11-2-1-7-16-8-11)13-9-23-15(18-13)10-3-5-12(6-4-10)19(21)22/h3-6,9,11,16H,1-2,7-8H2,(H,17,20)/t11-/m0/s1. The van der Waals surface area contributed by atoms with Crippen molar-refractivity contribution >= 4 is 22.9 Å². The van der Waals surface area contributed by atoms with Crippen molar-refractivity contribution in [3.8, 4) is 10.6 Å². The lowest BCUT2D eigenvalue weighted by molar-refractivity contribution is -0.384. The van der Waals surface area contributed by atoms with Crippen molar-refractivity contribution in [2.45, 2.75) is 18.9 Å². The van der Waals surface area contributed by atoms with E-state index < -0.39 is 4.92 Å². The van der Waals surface area contributed by atoms with Crippen molar-refractivity contribution in [2.24, 2.45) is 0 Å². The molecule has 1 aromatic carbocycles. The van der Waals surface area contributed by atoms with Crippen LogP contribution in [0.4, 0.5) is 5.69 Å². The highest BCUT2D eigenvalue weighted by Crippen LogP contribution is 2.25. The van der Waals surface area contributed by atoms with E-state index in [1.807, 2.05) is 0 Å². The van der Waals surface area contributed by atoms with Gasteiger partial charge in [0.05, 0.1) is 4.92 Å². The van der Waals surface area contributed by atoms with Gasteiger partial charge in [0.2, 0.25) is 0 Å². The summed E-state index contributed by atoms with van der Waals surface area (Å²) in [4.78, 5) is 26.8. The maximum Gasteiger partial charge on any atom is 0.271 e. The fourth-order valence-electron chi connectivity index (χ4n) is 2.47. The Balaban J connectivity index is 1.69. The molecule has 0 spiro atoms. The van der Waals surface area contributed by atoms with Crippen LogP contribution in [0.5, 0.6) is 0 Å². The molecule has 1 amide bonds. The highest BCUT2D eigenvalue weighted by atomic mass is 32.1. The van der Waals surface area contributed by atoms with Crippen molar-refractivity contribution in [1.29, 1.82) is 0 Å². The Hall–Kier alpha value is -2.32. The van der Waals surface area contributed by atoms with Crippen molar-refractivity contribution in [2.75, 3.05) is 13.1 Å². The van der Waals surface area contributed by atoms with E-state index in [4.69, 9.17) is 0 Å². The molecule has 1 atom stereocenters. The Morgan fingerprint density at radius 3 is 2.83 bits per heavy atom. The van der Waals surface area contributed by atoms with Gasteiger partial charge in [0.1, 0.15) is 10.7 Å². The molecule has 0 aliphatic carbocycles. The molecule has 1 fully saturated rings. The van der Waals surface area contributed by atoms with E-state index in [1.54, 1.807) is 17.5 Å². The fraction of sp³-hybridized carbons (Fsp3) is 0.333. The molecule has 3 rings (SSSR count). The Morgan fingerprint density at radius 1 is 1.39 bits per heavy atom. The van der Waals surface area contributed by atoms with Gasteiger partial charge in [-0.25, -0.2) is 4.98 Å². The predicted octanol–water partition coefficient (Wildman–Crippen LogP) is 2.20. The largest absolute Gasteiger partial charge is 0.347 e. The summed E-state index contributed by atoms with van der Waals surface area (Å²) < 4.78 is 0. The van der Waals surface area contributed by atoms with E-state index in [2.05, 4.69) is 15.6 Å². The van der Waals surface area contributed by atoms with E-state index in [9.17, 15) is 14.9 Å². The number of nitrogens with one attached hydrogen (secondary N) is 2. The first kappa shape index (κ1) is 15.6. The average molecular weight is 332 g/mol. The molecule has 0 saturated carbocycles. The zero-order valence-corrected chi connectivity index (χ0v) is 13.1. The molecule has 120 valence electrons. The van der Waals surface area contributed by atoms with Crippen molar-refractivity contribution in [1.82, 2.24) is 15.6 Å². The van der Waals surface area contributed by atoms with Crippen LogP contribution >= 0.6 is 11.3 Å². The third-order valence-electron chi connectivity index (χ3n) is 3.69. The van der Waals surface area contributed by atoms with Gasteiger partial charge in [-0.15, -0.1) is 11.3 Å². The molecule has 2 N–H and O–H groups in total. The summed E-state index contributed by atoms with van der Waals surface area (Å²) in [6, 6.07) is 6.29. The summed E-state index contributed by atoms with van der Waals surface area (Å²) in [7, 11) is 0. The lowest BCUT2D eigenvalue weighted by Crippen LogP contribution is -2.45. The number of nitrogens with zero attached hydrogens (tertiary/aromatic N) is 2. The fourth-order valence-corrected chi connectivity index (χ4v) is 3.28.